The van der Waals surface area contributed by atoms with Crippen molar-refractivity contribution < 1.29 is 47.2 Å². The summed E-state index contributed by atoms with van der Waals surface area (Å²) in [6.45, 7) is -0.653. The van der Waals surface area contributed by atoms with Crippen LogP contribution >= 0.6 is 0 Å². The number of aliphatic hydroxyl groups is 2. The molecule has 0 radical (unpaired) electrons. The van der Waals surface area contributed by atoms with Crippen molar-refractivity contribution in [1.82, 2.24) is 20.4 Å². The lowest BCUT2D eigenvalue weighted by molar-refractivity contribution is -0.521. The van der Waals surface area contributed by atoms with Gasteiger partial charge in [0.05, 0.1) is 18.7 Å². The fourth-order valence-electron chi connectivity index (χ4n) is 5.46. The maximum atomic E-state index is 13.9. The Morgan fingerprint density at radius 2 is 1.87 bits per heavy atom. The van der Waals surface area contributed by atoms with Gasteiger partial charge in [-0.2, -0.15) is 13.2 Å². The first kappa shape index (κ1) is 25.7. The zero-order valence-electron chi connectivity index (χ0n) is 19.4. The maximum Gasteiger partial charge on any atom is 0.416 e. The molecule has 1 aromatic rings. The molecule has 4 aliphatic rings. The summed E-state index contributed by atoms with van der Waals surface area (Å²) >= 11 is 0. The van der Waals surface area contributed by atoms with Crippen molar-refractivity contribution in [3.8, 4) is 0 Å². The fourth-order valence-corrected chi connectivity index (χ4v) is 5.46. The number of nitrogens with one attached hydrogen (secondary N) is 3. The minimum absolute atomic E-state index is 0.0147. The third kappa shape index (κ3) is 3.72. The van der Waals surface area contributed by atoms with E-state index in [2.05, 4.69) is 20.6 Å². The number of guanidine groups is 2. The molecule has 3 amide bonds. The molecule has 38 heavy (non-hydrogen) atoms. The number of alkyl halides is 3. The first-order valence-corrected chi connectivity index (χ1v) is 11.4. The van der Waals surface area contributed by atoms with Gasteiger partial charge in [0.1, 0.15) is 17.9 Å². The topological polar surface area (TPSA) is 201 Å². The number of imide groups is 1. The van der Waals surface area contributed by atoms with Crippen LogP contribution in [0.1, 0.15) is 28.8 Å². The minimum Gasteiger partial charge on any atom is -0.370 e. The maximum absolute atomic E-state index is 13.9. The predicted molar refractivity (Wildman–Crippen MR) is 118 cm³/mol. The quantitative estimate of drug-likeness (QED) is 0.112. The van der Waals surface area contributed by atoms with Crippen molar-refractivity contribution >= 4 is 29.6 Å². The van der Waals surface area contributed by atoms with E-state index in [1.807, 2.05) is 0 Å². The zero-order chi connectivity index (χ0) is 27.8. The molecule has 1 unspecified atom stereocenters. The standard InChI is InChI=1S/C21H22F4N8O5/c22-10-4-8(3-9(5-10)21(23,24)25)16(36)29-12-7-33-18(27)28-11(6-32-13(34)1-2-14(32)35)15-19(33,20(12,37)38)31-17(26)30-15/h3-5,11-12,15,37-38H,1-2,6-7H2,(H2,27,28)(H,29,36)(H3,26,30,31)/p+1/t11-,12?,15-,19-/m0/s1. The summed E-state index contributed by atoms with van der Waals surface area (Å²) in [5.41, 5.74) is 7.96. The van der Waals surface area contributed by atoms with Crippen molar-refractivity contribution in [2.24, 2.45) is 16.5 Å². The van der Waals surface area contributed by atoms with Crippen LogP contribution < -0.4 is 27.1 Å². The lowest BCUT2D eigenvalue weighted by atomic mass is 9.84. The smallest absolute Gasteiger partial charge is 0.370 e. The second kappa shape index (κ2) is 8.26. The molecule has 5 rings (SSSR count). The van der Waals surface area contributed by atoms with Crippen molar-refractivity contribution in [2.45, 2.75) is 48.6 Å². The van der Waals surface area contributed by atoms with Gasteiger partial charge < -0.3 is 21.3 Å². The Labute approximate surface area is 211 Å². The molecule has 2 fully saturated rings. The molecule has 4 atom stereocenters. The number of benzene rings is 1. The highest BCUT2D eigenvalue weighted by Crippen LogP contribution is 2.41. The average Bonchev–Trinajstić information content (AvgIpc) is 3.41. The summed E-state index contributed by atoms with van der Waals surface area (Å²) in [5.74, 6) is -6.69. The summed E-state index contributed by atoms with van der Waals surface area (Å²) in [5, 5.41) is 27.7. The molecule has 204 valence electrons. The molecular formula is C21H23F4N8O5+. The Hall–Kier alpha value is -3.99. The monoisotopic (exact) mass is 543 g/mol. The van der Waals surface area contributed by atoms with Gasteiger partial charge in [0, 0.05) is 18.4 Å². The number of carbonyl (C=O) groups is 3. The average molecular weight is 543 g/mol. The van der Waals surface area contributed by atoms with E-state index in [-0.39, 0.29) is 37.4 Å². The Morgan fingerprint density at radius 1 is 1.21 bits per heavy atom. The number of hydrogen-bond donors (Lipinski definition) is 7. The largest absolute Gasteiger partial charge is 0.416 e. The van der Waals surface area contributed by atoms with Gasteiger partial charge in [-0.1, -0.05) is 0 Å². The molecule has 1 aromatic carbocycles. The molecule has 4 aliphatic heterocycles. The van der Waals surface area contributed by atoms with E-state index < -0.39 is 77.0 Å². The van der Waals surface area contributed by atoms with Crippen molar-refractivity contribution in [1.29, 1.82) is 0 Å². The normalized spacial score (nSPS) is 30.0. The predicted octanol–water partition coefficient (Wildman–Crippen LogP) is -4.15. The second-order valence-electron chi connectivity index (χ2n) is 9.47. The third-order valence-electron chi connectivity index (χ3n) is 7.20. The Balaban J connectivity index is 1.46. The molecule has 4 heterocycles. The minimum atomic E-state index is -4.93. The number of hydrogen-bond acceptors (Lipinski definition) is 10. The highest BCUT2D eigenvalue weighted by Gasteiger charge is 2.76. The van der Waals surface area contributed by atoms with Gasteiger partial charge in [0.2, 0.25) is 17.6 Å². The number of nitrogens with zero attached hydrogens (tertiary/aromatic N) is 3. The van der Waals surface area contributed by atoms with E-state index in [0.717, 1.165) is 4.90 Å². The molecule has 1 spiro atoms. The van der Waals surface area contributed by atoms with E-state index in [4.69, 9.17) is 11.5 Å². The van der Waals surface area contributed by atoms with Gasteiger partial charge in [-0.15, -0.1) is 0 Å². The van der Waals surface area contributed by atoms with Crippen molar-refractivity contribution in [3.63, 3.8) is 0 Å². The van der Waals surface area contributed by atoms with Gasteiger partial charge in [-0.05, 0) is 18.2 Å². The van der Waals surface area contributed by atoms with Crippen LogP contribution in [0.4, 0.5) is 17.6 Å². The van der Waals surface area contributed by atoms with Crippen LogP contribution in [0.2, 0.25) is 0 Å². The number of likely N-dealkylation sites (tertiary alicyclic amines) is 1. The van der Waals surface area contributed by atoms with Crippen LogP contribution in [-0.2, 0) is 15.8 Å². The van der Waals surface area contributed by atoms with Crippen LogP contribution in [0.25, 0.3) is 0 Å². The van der Waals surface area contributed by atoms with Gasteiger partial charge in [-0.25, -0.2) is 14.7 Å². The molecule has 2 saturated heterocycles. The van der Waals surface area contributed by atoms with Gasteiger partial charge in [0.25, 0.3) is 11.6 Å². The first-order chi connectivity index (χ1) is 17.6. The van der Waals surface area contributed by atoms with Gasteiger partial charge in [-0.3, -0.25) is 34.9 Å². The highest BCUT2D eigenvalue weighted by atomic mass is 19.4. The number of carbonyl (C=O) groups excluding carboxylic acids is 3. The number of halogens is 4. The molecule has 0 aliphatic carbocycles. The lowest BCUT2D eigenvalue weighted by Gasteiger charge is -2.46. The van der Waals surface area contributed by atoms with Crippen LogP contribution in [-0.4, -0.2) is 92.3 Å². The molecule has 17 heteroatoms. The second-order valence-corrected chi connectivity index (χ2v) is 9.47. The number of amides is 3. The first-order valence-electron chi connectivity index (χ1n) is 11.4. The van der Waals surface area contributed by atoms with Gasteiger partial charge >= 0.3 is 12.1 Å². The van der Waals surface area contributed by atoms with E-state index in [1.54, 1.807) is 0 Å². The van der Waals surface area contributed by atoms with Gasteiger partial charge in [0.15, 0.2) is 12.0 Å². The molecular weight excluding hydrogens is 520 g/mol. The highest BCUT2D eigenvalue weighted by molar-refractivity contribution is 6.02. The molecule has 13 nitrogen and oxygen atoms in total. The zero-order valence-corrected chi connectivity index (χ0v) is 19.4. The number of nitrogens with two attached hydrogens (primary N) is 2. The summed E-state index contributed by atoms with van der Waals surface area (Å²) in [4.78, 5) is 46.5. The van der Waals surface area contributed by atoms with E-state index in [0.29, 0.717) is 12.1 Å². The summed E-state index contributed by atoms with van der Waals surface area (Å²) in [6.07, 6.45) is -4.90. The van der Waals surface area contributed by atoms with Crippen LogP contribution in [0, 0.1) is 5.82 Å². The van der Waals surface area contributed by atoms with E-state index in [9.17, 15) is 42.2 Å². The van der Waals surface area contributed by atoms with Crippen molar-refractivity contribution in [2.75, 3.05) is 13.1 Å². The Morgan fingerprint density at radius 3 is 2.50 bits per heavy atom. The third-order valence-corrected chi connectivity index (χ3v) is 7.20. The van der Waals surface area contributed by atoms with Crippen LogP contribution in [0.15, 0.2) is 23.2 Å². The summed E-state index contributed by atoms with van der Waals surface area (Å²) in [6, 6.07) is -2.48. The number of rotatable bonds is 4. The molecule has 0 bridgehead atoms. The molecule has 0 aromatic heterocycles. The molecule has 0 saturated carbocycles. The summed E-state index contributed by atoms with van der Waals surface area (Å²) in [7, 11) is 0. The van der Waals surface area contributed by atoms with E-state index >= 15 is 0 Å². The van der Waals surface area contributed by atoms with Crippen LogP contribution in [0.3, 0.4) is 0 Å². The SMILES string of the molecule is NC1=N[C@@H](CN2C(=O)CCC2=O)[C@@H]2[NH+]=C(N)N[C@]23N1CC(NC(=O)c1cc(F)cc(C(F)(F)F)c1)C3(O)O. The lowest BCUT2D eigenvalue weighted by Crippen LogP contribution is -2.90. The van der Waals surface area contributed by atoms with E-state index in [1.165, 1.54) is 4.90 Å². The number of aliphatic imine (C=N–C) groups is 1. The van der Waals surface area contributed by atoms with Crippen molar-refractivity contribution in [3.05, 3.63) is 35.1 Å². The fraction of sp³-hybridized carbons (Fsp3) is 0.476. The van der Waals surface area contributed by atoms with Crippen LogP contribution in [0.5, 0.6) is 0 Å². The Bertz CT molecular complexity index is 1280. The Kier molecular flexibility index (Phi) is 5.57. The molecule has 9 N–H and O–H groups in total. The summed E-state index contributed by atoms with van der Waals surface area (Å²) < 4.78 is 53.2.